The topological polar surface area (TPSA) is 55.1 Å². The fraction of sp³-hybridized carbons (Fsp3) is 0.111. The van der Waals surface area contributed by atoms with Crippen molar-refractivity contribution >= 4 is 34.1 Å². The van der Waals surface area contributed by atoms with Gasteiger partial charge in [-0.05, 0) is 58.0 Å². The van der Waals surface area contributed by atoms with Gasteiger partial charge in [0.2, 0.25) is 0 Å². The van der Waals surface area contributed by atoms with Crippen LogP contribution in [0.15, 0.2) is 85.1 Å². The summed E-state index contributed by atoms with van der Waals surface area (Å²) in [6, 6.07) is 24.8. The zero-order valence-corrected chi connectivity index (χ0v) is 17.6. The quantitative estimate of drug-likeness (QED) is 0.313. The van der Waals surface area contributed by atoms with Gasteiger partial charge >= 0.3 is 5.97 Å². The molecule has 4 nitrogen and oxygen atoms in total. The Labute approximate surface area is 181 Å². The fourth-order valence-electron chi connectivity index (χ4n) is 3.91. The first-order chi connectivity index (χ1) is 15.0. The Hall–Kier alpha value is -3.92. The molecule has 0 unspecified atom stereocenters. The van der Waals surface area contributed by atoms with Gasteiger partial charge in [0, 0.05) is 24.7 Å². The summed E-state index contributed by atoms with van der Waals surface area (Å²) in [5.74, 6) is -0.952. The van der Waals surface area contributed by atoms with E-state index < -0.39 is 5.97 Å². The first-order valence-electron chi connectivity index (χ1n) is 10.3. The summed E-state index contributed by atoms with van der Waals surface area (Å²) in [6.07, 6.45) is 5.67. The second-order valence-electron chi connectivity index (χ2n) is 7.44. The molecule has 0 saturated heterocycles. The van der Waals surface area contributed by atoms with Crippen LogP contribution in [-0.2, 0) is 11.8 Å². The first kappa shape index (κ1) is 20.4. The maximum Gasteiger partial charge on any atom is 0.328 e. The van der Waals surface area contributed by atoms with E-state index in [1.807, 2.05) is 36.1 Å². The highest BCUT2D eigenvalue weighted by atomic mass is 16.4. The smallest absolute Gasteiger partial charge is 0.328 e. The van der Waals surface area contributed by atoms with Crippen LogP contribution in [0.2, 0.25) is 0 Å². The molecular weight excluding hydrogens is 384 g/mol. The van der Waals surface area contributed by atoms with E-state index in [1.165, 1.54) is 16.7 Å². The van der Waals surface area contributed by atoms with Gasteiger partial charge in [0.1, 0.15) is 0 Å². The summed E-state index contributed by atoms with van der Waals surface area (Å²) in [4.78, 5) is 10.8. The van der Waals surface area contributed by atoms with Gasteiger partial charge in [-0.1, -0.05) is 67.6 Å². The average Bonchev–Trinajstić information content (AvgIpc) is 3.16. The van der Waals surface area contributed by atoms with Crippen LogP contribution >= 0.6 is 0 Å². The average molecular weight is 409 g/mol. The normalized spacial score (nSPS) is 12.3. The minimum atomic E-state index is -0.952. The largest absolute Gasteiger partial charge is 0.478 e. The number of nitrogens with zero attached hydrogens (tertiary/aromatic N) is 2. The van der Waals surface area contributed by atoms with E-state index in [1.54, 1.807) is 6.08 Å². The number of allylic oxidation sites excluding steroid dienone is 1. The van der Waals surface area contributed by atoms with E-state index in [0.717, 1.165) is 40.1 Å². The lowest BCUT2D eigenvalue weighted by Gasteiger charge is -2.16. The van der Waals surface area contributed by atoms with Crippen molar-refractivity contribution in [3.63, 3.8) is 0 Å². The highest BCUT2D eigenvalue weighted by Crippen LogP contribution is 2.35. The molecule has 1 heterocycles. The molecule has 0 aliphatic carbocycles. The summed E-state index contributed by atoms with van der Waals surface area (Å²) in [5, 5.41) is 14.5. The molecule has 0 aliphatic heterocycles. The number of carbonyl (C=O) groups is 1. The molecule has 154 valence electrons. The third-order valence-electron chi connectivity index (χ3n) is 5.30. The maximum absolute atomic E-state index is 10.8. The van der Waals surface area contributed by atoms with Gasteiger partial charge < -0.3 is 5.11 Å². The molecule has 0 bridgehead atoms. The van der Waals surface area contributed by atoms with Crippen LogP contribution in [-0.4, -0.2) is 20.9 Å². The summed E-state index contributed by atoms with van der Waals surface area (Å²) < 4.78 is 1.83. The van der Waals surface area contributed by atoms with Crippen molar-refractivity contribution in [2.24, 2.45) is 7.05 Å². The van der Waals surface area contributed by atoms with E-state index in [0.29, 0.717) is 0 Å². The van der Waals surface area contributed by atoms with Crippen molar-refractivity contribution in [3.8, 4) is 0 Å². The monoisotopic (exact) mass is 408 g/mol. The molecule has 0 amide bonds. The molecule has 4 rings (SSSR count). The lowest BCUT2D eigenvalue weighted by molar-refractivity contribution is -0.131. The van der Waals surface area contributed by atoms with Gasteiger partial charge in [0.15, 0.2) is 0 Å². The number of hydrogen-bond donors (Lipinski definition) is 1. The predicted octanol–water partition coefficient (Wildman–Crippen LogP) is 6.04. The van der Waals surface area contributed by atoms with E-state index >= 15 is 0 Å². The Morgan fingerprint density at radius 2 is 1.68 bits per heavy atom. The Bertz CT molecular complexity index is 1280. The van der Waals surface area contributed by atoms with Crippen molar-refractivity contribution in [1.82, 2.24) is 9.78 Å². The van der Waals surface area contributed by atoms with Crippen LogP contribution in [0.25, 0.3) is 28.1 Å². The number of aryl methyl sites for hydroxylation is 1. The van der Waals surface area contributed by atoms with E-state index in [2.05, 4.69) is 66.6 Å². The number of carboxylic acid groups (broad SMARTS) is 1. The Kier molecular flexibility index (Phi) is 5.80. The molecule has 0 atom stereocenters. The highest BCUT2D eigenvalue weighted by molar-refractivity contribution is 6.00. The van der Waals surface area contributed by atoms with Crippen LogP contribution in [0.5, 0.6) is 0 Å². The van der Waals surface area contributed by atoms with Crippen molar-refractivity contribution in [2.75, 3.05) is 0 Å². The minimum Gasteiger partial charge on any atom is -0.478 e. The predicted molar refractivity (Wildman–Crippen MR) is 126 cm³/mol. The van der Waals surface area contributed by atoms with Gasteiger partial charge in [-0.25, -0.2) is 4.79 Å². The lowest BCUT2D eigenvalue weighted by Crippen LogP contribution is -1.95. The van der Waals surface area contributed by atoms with Crippen LogP contribution in [0.4, 0.5) is 0 Å². The van der Waals surface area contributed by atoms with Gasteiger partial charge in [-0.15, -0.1) is 0 Å². The summed E-state index contributed by atoms with van der Waals surface area (Å²) in [6.45, 7) is 2.18. The highest BCUT2D eigenvalue weighted by Gasteiger charge is 2.14. The zero-order valence-electron chi connectivity index (χ0n) is 17.6. The van der Waals surface area contributed by atoms with Gasteiger partial charge in [-0.2, -0.15) is 5.10 Å². The first-order valence-corrected chi connectivity index (χ1v) is 10.3. The molecule has 4 aromatic rings. The number of hydrogen-bond acceptors (Lipinski definition) is 2. The van der Waals surface area contributed by atoms with Crippen molar-refractivity contribution in [2.45, 2.75) is 13.3 Å². The Morgan fingerprint density at radius 1 is 0.968 bits per heavy atom. The van der Waals surface area contributed by atoms with Gasteiger partial charge in [-0.3, -0.25) is 4.68 Å². The number of rotatable bonds is 6. The van der Waals surface area contributed by atoms with Gasteiger partial charge in [0.05, 0.1) is 5.52 Å². The molecule has 0 radical (unpaired) electrons. The van der Waals surface area contributed by atoms with Crippen molar-refractivity contribution < 1.29 is 9.90 Å². The number of carboxylic acids is 1. The molecule has 4 heteroatoms. The SMILES string of the molecule is CCC(=C(c1ccc(C=CC(=O)O)cc1)c1ccc2nn(C)cc2c1)c1ccccc1. The van der Waals surface area contributed by atoms with Crippen LogP contribution in [0.3, 0.4) is 0 Å². The molecule has 1 aromatic heterocycles. The second kappa shape index (κ2) is 8.84. The Balaban J connectivity index is 1.90. The zero-order chi connectivity index (χ0) is 21.8. The van der Waals surface area contributed by atoms with E-state index in [4.69, 9.17) is 5.11 Å². The maximum atomic E-state index is 10.8. The third kappa shape index (κ3) is 4.48. The molecule has 1 N–H and O–H groups in total. The van der Waals surface area contributed by atoms with Crippen LogP contribution in [0.1, 0.15) is 35.6 Å². The van der Waals surface area contributed by atoms with Crippen molar-refractivity contribution in [1.29, 1.82) is 0 Å². The summed E-state index contributed by atoms with van der Waals surface area (Å²) >= 11 is 0. The summed E-state index contributed by atoms with van der Waals surface area (Å²) in [7, 11) is 1.93. The lowest BCUT2D eigenvalue weighted by atomic mass is 9.87. The third-order valence-corrected chi connectivity index (χ3v) is 5.30. The van der Waals surface area contributed by atoms with Crippen LogP contribution in [0, 0.1) is 0 Å². The van der Waals surface area contributed by atoms with Crippen molar-refractivity contribution in [3.05, 3.63) is 107 Å². The number of aliphatic carboxylic acids is 1. The van der Waals surface area contributed by atoms with Gasteiger partial charge in [0.25, 0.3) is 0 Å². The standard InChI is InChI=1S/C27H24N2O2/c1-3-24(20-7-5-4-6-8-20)27(21-12-9-19(10-13-21)11-16-26(30)31)22-14-15-25-23(17-22)18-29(2)28-25/h4-18H,3H2,1-2H3,(H,30,31). The summed E-state index contributed by atoms with van der Waals surface area (Å²) in [5.41, 5.74) is 7.68. The minimum absolute atomic E-state index is 0.853. The van der Waals surface area contributed by atoms with E-state index in [-0.39, 0.29) is 0 Å². The fourth-order valence-corrected chi connectivity index (χ4v) is 3.91. The van der Waals surface area contributed by atoms with Crippen LogP contribution < -0.4 is 0 Å². The molecule has 31 heavy (non-hydrogen) atoms. The molecule has 0 saturated carbocycles. The number of benzene rings is 3. The second-order valence-corrected chi connectivity index (χ2v) is 7.44. The molecule has 0 spiro atoms. The number of aromatic nitrogens is 2. The molecular formula is C27H24N2O2. The molecule has 3 aromatic carbocycles. The molecule has 0 fully saturated rings. The number of fused-ring (bicyclic) bond motifs is 1. The Morgan fingerprint density at radius 3 is 2.35 bits per heavy atom. The van der Waals surface area contributed by atoms with E-state index in [9.17, 15) is 4.79 Å². The molecule has 0 aliphatic rings.